The Labute approximate surface area is 141 Å². The van der Waals surface area contributed by atoms with Crippen LogP contribution in [0.15, 0.2) is 70.3 Å². The highest BCUT2D eigenvalue weighted by molar-refractivity contribution is 8.15. The number of fused-ring (bicyclic) bond motifs is 2. The van der Waals surface area contributed by atoms with E-state index in [0.717, 1.165) is 10.1 Å². The molecular formula is C16H11ClO2S3. The molecule has 0 fully saturated rings. The van der Waals surface area contributed by atoms with Crippen molar-refractivity contribution in [1.29, 1.82) is 0 Å². The molecule has 0 spiro atoms. The van der Waals surface area contributed by atoms with Gasteiger partial charge >= 0.3 is 0 Å². The van der Waals surface area contributed by atoms with Crippen LogP contribution in [-0.2, 0) is 9.05 Å². The van der Waals surface area contributed by atoms with Crippen molar-refractivity contribution >= 4 is 62.6 Å². The zero-order chi connectivity index (χ0) is 15.6. The normalized spacial score (nSPS) is 11.3. The largest absolute Gasteiger partial charge is 0.270 e. The first kappa shape index (κ1) is 15.5. The molecule has 0 aliphatic carbocycles. The molecule has 0 aliphatic heterocycles. The Bertz CT molecular complexity index is 953. The van der Waals surface area contributed by atoms with Crippen LogP contribution in [0.3, 0.4) is 0 Å². The van der Waals surface area contributed by atoms with Crippen molar-refractivity contribution in [3.8, 4) is 0 Å². The summed E-state index contributed by atoms with van der Waals surface area (Å²) < 4.78 is 24.5. The zero-order valence-corrected chi connectivity index (χ0v) is 14.5. The Morgan fingerprint density at radius 2 is 1.45 bits per heavy atom. The number of thiophene rings is 2. The minimum atomic E-state index is -3.57. The average molecular weight is 367 g/mol. The summed E-state index contributed by atoms with van der Waals surface area (Å²) in [6.45, 7) is 0. The van der Waals surface area contributed by atoms with E-state index in [1.54, 1.807) is 17.4 Å². The fourth-order valence-electron chi connectivity index (χ4n) is 1.98. The van der Waals surface area contributed by atoms with E-state index < -0.39 is 9.05 Å². The Hall–Kier alpha value is -1.40. The van der Waals surface area contributed by atoms with Gasteiger partial charge in [0.2, 0.25) is 0 Å². The van der Waals surface area contributed by atoms with Gasteiger partial charge in [-0.3, -0.25) is 0 Å². The third-order valence-corrected chi connectivity index (χ3v) is 7.09. The lowest BCUT2D eigenvalue weighted by molar-refractivity contribution is 0.611. The van der Waals surface area contributed by atoms with Crippen LogP contribution in [-0.4, -0.2) is 8.42 Å². The van der Waals surface area contributed by atoms with Crippen LogP contribution in [0.4, 0.5) is 0 Å². The maximum atomic E-state index is 11.0. The van der Waals surface area contributed by atoms with E-state index in [2.05, 4.69) is 35.7 Å². The summed E-state index contributed by atoms with van der Waals surface area (Å²) in [7, 11) is 1.64. The molecule has 0 amide bonds. The van der Waals surface area contributed by atoms with Crippen molar-refractivity contribution in [3.63, 3.8) is 0 Å². The number of halogens is 1. The molecule has 2 heterocycles. The molecule has 4 rings (SSSR count). The molecule has 0 saturated heterocycles. The van der Waals surface area contributed by atoms with E-state index in [0.29, 0.717) is 0 Å². The lowest BCUT2D eigenvalue weighted by Crippen LogP contribution is -1.83. The molecule has 0 unspecified atom stereocenters. The number of benzene rings is 2. The van der Waals surface area contributed by atoms with Crippen molar-refractivity contribution in [3.05, 3.63) is 66.0 Å². The van der Waals surface area contributed by atoms with Crippen LogP contribution < -0.4 is 0 Å². The minimum Gasteiger partial charge on any atom is -0.206 e. The Kier molecular flexibility index (Phi) is 4.49. The van der Waals surface area contributed by atoms with Crippen molar-refractivity contribution in [2.45, 2.75) is 4.21 Å². The van der Waals surface area contributed by atoms with E-state index in [1.165, 1.54) is 21.4 Å². The fraction of sp³-hybridized carbons (Fsp3) is 0. The van der Waals surface area contributed by atoms with Gasteiger partial charge in [-0.1, -0.05) is 36.4 Å². The molecule has 2 nitrogen and oxygen atoms in total. The number of hydrogen-bond acceptors (Lipinski definition) is 4. The third kappa shape index (κ3) is 3.50. The average Bonchev–Trinajstić information content (AvgIpc) is 3.14. The molecule has 0 saturated carbocycles. The third-order valence-electron chi connectivity index (χ3n) is 3.00. The van der Waals surface area contributed by atoms with Crippen LogP contribution in [0.25, 0.3) is 20.2 Å². The first-order chi connectivity index (χ1) is 10.5. The summed E-state index contributed by atoms with van der Waals surface area (Å²) in [5.74, 6) is 0. The maximum absolute atomic E-state index is 11.0. The van der Waals surface area contributed by atoms with Crippen molar-refractivity contribution in [1.82, 2.24) is 0 Å². The predicted octanol–water partition coefficient (Wildman–Crippen LogP) is 5.73. The number of rotatable bonds is 1. The van der Waals surface area contributed by atoms with Gasteiger partial charge in [0.05, 0.1) is 0 Å². The van der Waals surface area contributed by atoms with E-state index in [-0.39, 0.29) is 4.21 Å². The maximum Gasteiger partial charge on any atom is 0.270 e. The fourth-order valence-corrected chi connectivity index (χ4v) is 4.92. The summed E-state index contributed by atoms with van der Waals surface area (Å²) >= 11 is 2.97. The summed E-state index contributed by atoms with van der Waals surface area (Å²) in [6.07, 6.45) is 0. The highest BCUT2D eigenvalue weighted by Gasteiger charge is 2.13. The highest BCUT2D eigenvalue weighted by atomic mass is 35.7. The van der Waals surface area contributed by atoms with Crippen LogP contribution in [0, 0.1) is 0 Å². The second-order valence-corrected chi connectivity index (χ2v) is 9.32. The van der Waals surface area contributed by atoms with E-state index in [9.17, 15) is 8.42 Å². The predicted molar refractivity (Wildman–Crippen MR) is 96.7 cm³/mol. The van der Waals surface area contributed by atoms with Gasteiger partial charge in [-0.15, -0.1) is 22.7 Å². The van der Waals surface area contributed by atoms with Crippen LogP contribution in [0.2, 0.25) is 0 Å². The molecule has 6 heteroatoms. The topological polar surface area (TPSA) is 34.1 Å². The summed E-state index contributed by atoms with van der Waals surface area (Å²) in [5.41, 5.74) is 0. The Morgan fingerprint density at radius 1 is 0.818 bits per heavy atom. The van der Waals surface area contributed by atoms with Crippen LogP contribution >= 0.6 is 33.4 Å². The molecule has 0 bridgehead atoms. The molecule has 4 aromatic rings. The van der Waals surface area contributed by atoms with E-state index >= 15 is 0 Å². The molecule has 2 aromatic carbocycles. The van der Waals surface area contributed by atoms with Gasteiger partial charge in [0.15, 0.2) is 0 Å². The SMILES string of the molecule is O=S(=O)(Cl)c1cc2ccccc2s1.c1ccc2sccc2c1. The molecule has 22 heavy (non-hydrogen) atoms. The van der Waals surface area contributed by atoms with Gasteiger partial charge < -0.3 is 0 Å². The number of hydrogen-bond donors (Lipinski definition) is 0. The van der Waals surface area contributed by atoms with E-state index in [1.807, 2.05) is 24.3 Å². The monoisotopic (exact) mass is 366 g/mol. The molecule has 112 valence electrons. The molecule has 0 N–H and O–H groups in total. The van der Waals surface area contributed by atoms with Gasteiger partial charge in [0.25, 0.3) is 9.05 Å². The van der Waals surface area contributed by atoms with Gasteiger partial charge in [0.1, 0.15) is 4.21 Å². The quantitative estimate of drug-likeness (QED) is 0.403. The standard InChI is InChI=1S/C8H5ClO2S2.C8H6S/c9-13(10,11)8-5-6-3-1-2-4-7(6)12-8;1-2-4-8-7(3-1)5-6-9-8/h1-5H;1-6H. The van der Waals surface area contributed by atoms with Gasteiger partial charge in [-0.05, 0) is 40.4 Å². The molecule has 0 atom stereocenters. The highest BCUT2D eigenvalue weighted by Crippen LogP contribution is 2.30. The molecule has 0 radical (unpaired) electrons. The second kappa shape index (κ2) is 6.38. The molecule has 2 aromatic heterocycles. The van der Waals surface area contributed by atoms with Crippen LogP contribution in [0.1, 0.15) is 0 Å². The zero-order valence-electron chi connectivity index (χ0n) is 11.3. The lowest BCUT2D eigenvalue weighted by Gasteiger charge is -1.83. The summed E-state index contributed by atoms with van der Waals surface area (Å²) in [4.78, 5) is 0. The lowest BCUT2D eigenvalue weighted by atomic mass is 10.3. The van der Waals surface area contributed by atoms with Crippen molar-refractivity contribution < 1.29 is 8.42 Å². The van der Waals surface area contributed by atoms with Gasteiger partial charge in [-0.2, -0.15) is 0 Å². The van der Waals surface area contributed by atoms with Crippen molar-refractivity contribution in [2.75, 3.05) is 0 Å². The van der Waals surface area contributed by atoms with E-state index in [4.69, 9.17) is 10.7 Å². The minimum absolute atomic E-state index is 0.204. The Morgan fingerprint density at radius 3 is 2.09 bits per heavy atom. The smallest absolute Gasteiger partial charge is 0.206 e. The first-order valence-corrected chi connectivity index (χ1v) is 10.4. The summed E-state index contributed by atoms with van der Waals surface area (Å²) in [6, 6.07) is 19.6. The van der Waals surface area contributed by atoms with Gasteiger partial charge in [0, 0.05) is 20.1 Å². The Balaban J connectivity index is 0.000000139. The van der Waals surface area contributed by atoms with Gasteiger partial charge in [-0.25, -0.2) is 8.42 Å². The first-order valence-electron chi connectivity index (χ1n) is 6.39. The molecular weight excluding hydrogens is 356 g/mol. The summed E-state index contributed by atoms with van der Waals surface area (Å²) in [5, 5.41) is 4.37. The van der Waals surface area contributed by atoms with Crippen molar-refractivity contribution in [2.24, 2.45) is 0 Å². The molecule has 0 aliphatic rings. The second-order valence-electron chi connectivity index (χ2n) is 4.50. The van der Waals surface area contributed by atoms with Crippen LogP contribution in [0.5, 0.6) is 0 Å².